The van der Waals surface area contributed by atoms with Crippen LogP contribution in [0.1, 0.15) is 37.7 Å². The van der Waals surface area contributed by atoms with E-state index in [1.807, 2.05) is 0 Å². The van der Waals surface area contributed by atoms with Gasteiger partial charge in [0.1, 0.15) is 6.61 Å². The summed E-state index contributed by atoms with van der Waals surface area (Å²) in [6, 6.07) is 6.52. The molecule has 1 amide bonds. The SMILES string of the molecule is CN(C)S(=O)(=O)c1ccc(CNC(=O)COC2CCCCC2)cc1. The van der Waals surface area contributed by atoms with Gasteiger partial charge in [0.05, 0.1) is 11.0 Å². The first-order valence-corrected chi connectivity index (χ1v) is 9.73. The summed E-state index contributed by atoms with van der Waals surface area (Å²) in [6.45, 7) is 0.437. The molecule has 1 aromatic carbocycles. The van der Waals surface area contributed by atoms with Gasteiger partial charge in [-0.1, -0.05) is 31.4 Å². The molecule has 0 radical (unpaired) electrons. The average molecular weight is 354 g/mol. The van der Waals surface area contributed by atoms with E-state index in [4.69, 9.17) is 4.74 Å². The Morgan fingerprint density at radius 3 is 2.38 bits per heavy atom. The maximum atomic E-state index is 12.0. The normalized spacial score (nSPS) is 16.3. The van der Waals surface area contributed by atoms with Gasteiger partial charge in [0.25, 0.3) is 0 Å². The summed E-state index contributed by atoms with van der Waals surface area (Å²) in [6.07, 6.45) is 5.89. The number of benzene rings is 1. The zero-order valence-electron chi connectivity index (χ0n) is 14.3. The van der Waals surface area contributed by atoms with Gasteiger partial charge in [-0.3, -0.25) is 4.79 Å². The minimum Gasteiger partial charge on any atom is -0.368 e. The Morgan fingerprint density at radius 2 is 1.79 bits per heavy atom. The van der Waals surface area contributed by atoms with Crippen LogP contribution < -0.4 is 5.32 Å². The van der Waals surface area contributed by atoms with Crippen molar-refractivity contribution in [2.45, 2.75) is 49.6 Å². The molecule has 0 atom stereocenters. The summed E-state index contributed by atoms with van der Waals surface area (Å²) in [5, 5.41) is 2.80. The lowest BCUT2D eigenvalue weighted by atomic mass is 9.98. The van der Waals surface area contributed by atoms with Crippen LogP contribution in [0.5, 0.6) is 0 Å². The molecule has 0 saturated heterocycles. The molecule has 1 aromatic rings. The molecule has 0 unspecified atom stereocenters. The van der Waals surface area contributed by atoms with Gasteiger partial charge in [-0.2, -0.15) is 0 Å². The Balaban J connectivity index is 1.78. The largest absolute Gasteiger partial charge is 0.368 e. The quantitative estimate of drug-likeness (QED) is 0.811. The van der Waals surface area contributed by atoms with Crippen molar-refractivity contribution in [1.29, 1.82) is 0 Å². The molecule has 0 aromatic heterocycles. The molecular formula is C17H26N2O4S. The smallest absolute Gasteiger partial charge is 0.246 e. The first-order valence-electron chi connectivity index (χ1n) is 8.29. The second-order valence-corrected chi connectivity index (χ2v) is 8.43. The van der Waals surface area contributed by atoms with E-state index < -0.39 is 10.0 Å². The number of nitrogens with one attached hydrogen (secondary N) is 1. The highest BCUT2D eigenvalue weighted by molar-refractivity contribution is 7.89. The van der Waals surface area contributed by atoms with Gasteiger partial charge in [-0.15, -0.1) is 0 Å². The van der Waals surface area contributed by atoms with Gasteiger partial charge >= 0.3 is 0 Å². The zero-order valence-corrected chi connectivity index (χ0v) is 15.1. The number of nitrogens with zero attached hydrogens (tertiary/aromatic N) is 1. The highest BCUT2D eigenvalue weighted by Gasteiger charge is 2.17. The third-order valence-electron chi connectivity index (χ3n) is 4.19. The van der Waals surface area contributed by atoms with E-state index in [-0.39, 0.29) is 23.5 Å². The van der Waals surface area contributed by atoms with Crippen molar-refractivity contribution in [2.24, 2.45) is 0 Å². The van der Waals surface area contributed by atoms with Gasteiger partial charge in [0, 0.05) is 20.6 Å². The number of hydrogen-bond donors (Lipinski definition) is 1. The molecule has 0 spiro atoms. The Kier molecular flexibility index (Phi) is 6.77. The van der Waals surface area contributed by atoms with E-state index >= 15 is 0 Å². The highest BCUT2D eigenvalue weighted by atomic mass is 32.2. The highest BCUT2D eigenvalue weighted by Crippen LogP contribution is 2.20. The molecule has 1 aliphatic carbocycles. The van der Waals surface area contributed by atoms with E-state index in [1.54, 1.807) is 24.3 Å². The lowest BCUT2D eigenvalue weighted by molar-refractivity contribution is -0.128. The van der Waals surface area contributed by atoms with Crippen molar-refractivity contribution >= 4 is 15.9 Å². The maximum Gasteiger partial charge on any atom is 0.246 e. The van der Waals surface area contributed by atoms with Crippen LogP contribution in [0.3, 0.4) is 0 Å². The molecule has 1 aliphatic rings. The lowest BCUT2D eigenvalue weighted by Crippen LogP contribution is -2.30. The topological polar surface area (TPSA) is 75.7 Å². The first-order chi connectivity index (χ1) is 11.4. The van der Waals surface area contributed by atoms with Crippen molar-refractivity contribution in [2.75, 3.05) is 20.7 Å². The molecule has 1 N–H and O–H groups in total. The number of carbonyl (C=O) groups is 1. The first kappa shape index (κ1) is 18.9. The monoisotopic (exact) mass is 354 g/mol. The predicted octanol–water partition coefficient (Wildman–Crippen LogP) is 1.90. The summed E-state index contributed by atoms with van der Waals surface area (Å²) in [5.41, 5.74) is 0.846. The number of sulfonamides is 1. The van der Waals surface area contributed by atoms with Crippen molar-refractivity contribution in [3.05, 3.63) is 29.8 Å². The van der Waals surface area contributed by atoms with E-state index in [9.17, 15) is 13.2 Å². The second-order valence-electron chi connectivity index (χ2n) is 6.28. The molecule has 0 bridgehead atoms. The van der Waals surface area contributed by atoms with Crippen molar-refractivity contribution in [3.8, 4) is 0 Å². The van der Waals surface area contributed by atoms with Crippen LogP contribution >= 0.6 is 0 Å². The van der Waals surface area contributed by atoms with Crippen LogP contribution in [-0.2, 0) is 26.1 Å². The summed E-state index contributed by atoms with van der Waals surface area (Å²) >= 11 is 0. The van der Waals surface area contributed by atoms with Crippen LogP contribution in [0.2, 0.25) is 0 Å². The Hall–Kier alpha value is -1.44. The molecule has 0 aliphatic heterocycles. The van der Waals surface area contributed by atoms with Gasteiger partial charge < -0.3 is 10.1 Å². The maximum absolute atomic E-state index is 12.0. The fourth-order valence-corrected chi connectivity index (χ4v) is 3.57. The lowest BCUT2D eigenvalue weighted by Gasteiger charge is -2.21. The number of amides is 1. The Bertz CT molecular complexity index is 635. The van der Waals surface area contributed by atoms with E-state index in [1.165, 1.54) is 37.7 Å². The van der Waals surface area contributed by atoms with Crippen molar-refractivity contribution in [3.63, 3.8) is 0 Å². The summed E-state index contributed by atoms with van der Waals surface area (Å²) in [4.78, 5) is 12.1. The van der Waals surface area contributed by atoms with Gasteiger partial charge in [-0.05, 0) is 30.5 Å². The van der Waals surface area contributed by atoms with Crippen molar-refractivity contribution < 1.29 is 17.9 Å². The fraction of sp³-hybridized carbons (Fsp3) is 0.588. The van der Waals surface area contributed by atoms with Gasteiger partial charge in [-0.25, -0.2) is 12.7 Å². The molecule has 1 saturated carbocycles. The second kappa shape index (κ2) is 8.60. The zero-order chi connectivity index (χ0) is 17.6. The Labute approximate surface area is 144 Å². The minimum absolute atomic E-state index is 0.0811. The summed E-state index contributed by atoms with van der Waals surface area (Å²) in [5.74, 6) is -0.148. The Morgan fingerprint density at radius 1 is 1.17 bits per heavy atom. The van der Waals surface area contributed by atoms with Crippen LogP contribution in [0.15, 0.2) is 29.2 Å². The molecule has 7 heteroatoms. The van der Waals surface area contributed by atoms with Crippen LogP contribution in [0.25, 0.3) is 0 Å². The fourth-order valence-electron chi connectivity index (χ4n) is 2.67. The average Bonchev–Trinajstić information content (AvgIpc) is 2.59. The molecule has 1 fully saturated rings. The van der Waals surface area contributed by atoms with E-state index in [2.05, 4.69) is 5.32 Å². The van der Waals surface area contributed by atoms with Crippen molar-refractivity contribution in [1.82, 2.24) is 9.62 Å². The molecule has 6 nitrogen and oxygen atoms in total. The predicted molar refractivity (Wildman–Crippen MR) is 92.0 cm³/mol. The minimum atomic E-state index is -3.42. The molecule has 0 heterocycles. The van der Waals surface area contributed by atoms with E-state index in [0.29, 0.717) is 6.54 Å². The number of rotatable bonds is 7. The molecule has 2 rings (SSSR count). The standard InChI is InChI=1S/C17H26N2O4S/c1-19(2)24(21,22)16-10-8-14(9-11-16)12-18-17(20)13-23-15-6-4-3-5-7-15/h8-11,15H,3-7,12-13H2,1-2H3,(H,18,20). The third-order valence-corrected chi connectivity index (χ3v) is 6.02. The molecule has 134 valence electrons. The molecular weight excluding hydrogens is 328 g/mol. The van der Waals surface area contributed by atoms with Crippen LogP contribution in [-0.4, -0.2) is 45.4 Å². The summed E-state index contributed by atoms with van der Waals surface area (Å²) < 4.78 is 30.8. The van der Waals surface area contributed by atoms with Gasteiger partial charge in [0.2, 0.25) is 15.9 Å². The molecule has 24 heavy (non-hydrogen) atoms. The number of ether oxygens (including phenoxy) is 1. The number of carbonyl (C=O) groups excluding carboxylic acids is 1. The van der Waals surface area contributed by atoms with Crippen LogP contribution in [0.4, 0.5) is 0 Å². The summed E-state index contributed by atoms with van der Waals surface area (Å²) in [7, 11) is -0.428. The number of hydrogen-bond acceptors (Lipinski definition) is 4. The van der Waals surface area contributed by atoms with Gasteiger partial charge in [0.15, 0.2) is 0 Å². The third kappa shape index (κ3) is 5.29. The van der Waals surface area contributed by atoms with E-state index in [0.717, 1.165) is 18.4 Å². The van der Waals surface area contributed by atoms with Crippen LogP contribution in [0, 0.1) is 0 Å².